The fraction of sp³-hybridized carbons (Fsp3) is 0.304. The van der Waals surface area contributed by atoms with E-state index < -0.39 is 0 Å². The summed E-state index contributed by atoms with van der Waals surface area (Å²) in [5, 5.41) is 6.51. The molecule has 1 aliphatic rings. The van der Waals surface area contributed by atoms with Crippen LogP contribution in [-0.4, -0.2) is 55.2 Å². The highest BCUT2D eigenvalue weighted by molar-refractivity contribution is 7.13. The monoisotopic (exact) mass is 491 g/mol. The number of ether oxygens (including phenoxy) is 2. The molecule has 2 heterocycles. The molecule has 0 aliphatic carbocycles. The Morgan fingerprint density at radius 3 is 2.81 bits per heavy atom. The van der Waals surface area contributed by atoms with Gasteiger partial charge in [-0.15, -0.1) is 11.3 Å². The molecule has 1 N–H and O–H groups in total. The number of benzene rings is 2. The highest BCUT2D eigenvalue weighted by Gasteiger charge is 2.14. The van der Waals surface area contributed by atoms with Crippen molar-refractivity contribution in [3.05, 3.63) is 69.1 Å². The van der Waals surface area contributed by atoms with E-state index in [1.165, 1.54) is 11.3 Å². The molecule has 0 bridgehead atoms. The van der Waals surface area contributed by atoms with Gasteiger partial charge in [-0.2, -0.15) is 0 Å². The SMILES string of the molecule is O=C(NCCN1CCOCC1)c1csc(-c2cccc(OCc3ccc(Cl)c(Cl)c3)c2)n1. The third kappa shape index (κ3) is 6.21. The summed E-state index contributed by atoms with van der Waals surface area (Å²) in [7, 11) is 0. The van der Waals surface area contributed by atoms with Gasteiger partial charge in [0.1, 0.15) is 23.1 Å². The first-order chi connectivity index (χ1) is 15.6. The van der Waals surface area contributed by atoms with E-state index >= 15 is 0 Å². The van der Waals surface area contributed by atoms with Crippen molar-refractivity contribution >= 4 is 40.4 Å². The topological polar surface area (TPSA) is 63.7 Å². The Bertz CT molecular complexity index is 1070. The highest BCUT2D eigenvalue weighted by atomic mass is 35.5. The minimum atomic E-state index is -0.159. The van der Waals surface area contributed by atoms with Crippen LogP contribution in [0.4, 0.5) is 0 Å². The number of morpholine rings is 1. The Morgan fingerprint density at radius 1 is 1.16 bits per heavy atom. The van der Waals surface area contributed by atoms with Crippen molar-refractivity contribution in [3.8, 4) is 16.3 Å². The predicted molar refractivity (Wildman–Crippen MR) is 128 cm³/mol. The van der Waals surface area contributed by atoms with Crippen LogP contribution < -0.4 is 10.1 Å². The maximum Gasteiger partial charge on any atom is 0.270 e. The number of hydrogen-bond donors (Lipinski definition) is 1. The van der Waals surface area contributed by atoms with Gasteiger partial charge in [0.25, 0.3) is 5.91 Å². The number of aromatic nitrogens is 1. The fourth-order valence-electron chi connectivity index (χ4n) is 3.27. The predicted octanol–water partition coefficient (Wildman–Crippen LogP) is 4.76. The number of carbonyl (C=O) groups is 1. The van der Waals surface area contributed by atoms with Crippen LogP contribution in [0, 0.1) is 0 Å². The van der Waals surface area contributed by atoms with E-state index in [1.807, 2.05) is 30.3 Å². The van der Waals surface area contributed by atoms with Gasteiger partial charge in [0.2, 0.25) is 0 Å². The second-order valence-corrected chi connectivity index (χ2v) is 8.99. The molecule has 168 valence electrons. The molecule has 1 saturated heterocycles. The molecule has 0 radical (unpaired) electrons. The Morgan fingerprint density at radius 2 is 2.00 bits per heavy atom. The molecule has 1 aliphatic heterocycles. The zero-order valence-corrected chi connectivity index (χ0v) is 19.7. The first-order valence-electron chi connectivity index (χ1n) is 10.3. The number of amides is 1. The van der Waals surface area contributed by atoms with Crippen LogP contribution >= 0.6 is 34.5 Å². The summed E-state index contributed by atoms with van der Waals surface area (Å²) in [6.07, 6.45) is 0. The summed E-state index contributed by atoms with van der Waals surface area (Å²) in [6, 6.07) is 13.1. The summed E-state index contributed by atoms with van der Waals surface area (Å²) in [6.45, 7) is 5.07. The molecule has 1 fully saturated rings. The number of thiazole rings is 1. The van der Waals surface area contributed by atoms with Crippen LogP contribution in [0.15, 0.2) is 47.8 Å². The molecule has 32 heavy (non-hydrogen) atoms. The van der Waals surface area contributed by atoms with Crippen LogP contribution in [0.25, 0.3) is 10.6 Å². The van der Waals surface area contributed by atoms with Gasteiger partial charge in [-0.3, -0.25) is 9.69 Å². The summed E-state index contributed by atoms with van der Waals surface area (Å²) < 4.78 is 11.2. The van der Waals surface area contributed by atoms with Crippen LogP contribution in [0.3, 0.4) is 0 Å². The molecule has 6 nitrogen and oxygen atoms in total. The van der Waals surface area contributed by atoms with E-state index in [4.69, 9.17) is 32.7 Å². The second kappa shape index (κ2) is 11.1. The Kier molecular flexibility index (Phi) is 8.00. The second-order valence-electron chi connectivity index (χ2n) is 7.31. The van der Waals surface area contributed by atoms with E-state index in [0.29, 0.717) is 34.6 Å². The maximum atomic E-state index is 12.5. The van der Waals surface area contributed by atoms with Crippen molar-refractivity contribution in [1.82, 2.24) is 15.2 Å². The minimum Gasteiger partial charge on any atom is -0.489 e. The van der Waals surface area contributed by atoms with Gasteiger partial charge in [0, 0.05) is 37.1 Å². The molecular weight excluding hydrogens is 469 g/mol. The quantitative estimate of drug-likeness (QED) is 0.492. The standard InChI is InChI=1S/C23H23Cl2N3O3S/c24-19-5-4-16(12-20(19)25)14-31-18-3-1-2-17(13-18)23-27-21(15-32-23)22(29)26-6-7-28-8-10-30-11-9-28/h1-5,12-13,15H,6-11,14H2,(H,26,29). The maximum absolute atomic E-state index is 12.5. The fourth-order valence-corrected chi connectivity index (χ4v) is 4.39. The molecular formula is C23H23Cl2N3O3S. The van der Waals surface area contributed by atoms with Gasteiger partial charge in [0.05, 0.1) is 23.3 Å². The zero-order chi connectivity index (χ0) is 22.3. The Balaban J connectivity index is 1.32. The number of rotatable bonds is 8. The van der Waals surface area contributed by atoms with E-state index in [1.54, 1.807) is 17.5 Å². The van der Waals surface area contributed by atoms with Gasteiger partial charge < -0.3 is 14.8 Å². The van der Waals surface area contributed by atoms with Crippen molar-refractivity contribution in [2.24, 2.45) is 0 Å². The smallest absolute Gasteiger partial charge is 0.270 e. The van der Waals surface area contributed by atoms with E-state index in [-0.39, 0.29) is 5.91 Å². The summed E-state index contributed by atoms with van der Waals surface area (Å²) in [5.74, 6) is 0.549. The van der Waals surface area contributed by atoms with E-state index in [9.17, 15) is 4.79 Å². The average Bonchev–Trinajstić information content (AvgIpc) is 3.31. The first-order valence-corrected chi connectivity index (χ1v) is 11.9. The van der Waals surface area contributed by atoms with Crippen molar-refractivity contribution in [1.29, 1.82) is 0 Å². The van der Waals surface area contributed by atoms with Crippen LogP contribution in [0.1, 0.15) is 16.1 Å². The summed E-state index contributed by atoms with van der Waals surface area (Å²) in [5.41, 5.74) is 2.25. The molecule has 0 unspecified atom stereocenters. The zero-order valence-electron chi connectivity index (χ0n) is 17.4. The van der Waals surface area contributed by atoms with E-state index in [2.05, 4.69) is 15.2 Å². The third-order valence-corrected chi connectivity index (χ3v) is 6.66. The molecule has 1 aromatic heterocycles. The van der Waals surface area contributed by atoms with E-state index in [0.717, 1.165) is 49.0 Å². The molecule has 0 saturated carbocycles. The number of halogens is 2. The van der Waals surface area contributed by atoms with Crippen molar-refractivity contribution < 1.29 is 14.3 Å². The number of hydrogen-bond acceptors (Lipinski definition) is 6. The van der Waals surface area contributed by atoms with Crippen LogP contribution in [0.2, 0.25) is 10.0 Å². The molecule has 9 heteroatoms. The van der Waals surface area contributed by atoms with Gasteiger partial charge in [-0.25, -0.2) is 4.98 Å². The van der Waals surface area contributed by atoms with Crippen LogP contribution in [-0.2, 0) is 11.3 Å². The van der Waals surface area contributed by atoms with Crippen molar-refractivity contribution in [2.45, 2.75) is 6.61 Å². The summed E-state index contributed by atoms with van der Waals surface area (Å²) >= 11 is 13.5. The number of carbonyl (C=O) groups excluding carboxylic acids is 1. The Labute approximate surface area is 201 Å². The Hall–Kier alpha value is -2.16. The number of nitrogens with one attached hydrogen (secondary N) is 1. The lowest BCUT2D eigenvalue weighted by molar-refractivity contribution is 0.0383. The first kappa shape index (κ1) is 23.0. The lowest BCUT2D eigenvalue weighted by atomic mass is 10.2. The van der Waals surface area contributed by atoms with Gasteiger partial charge in [-0.05, 0) is 29.8 Å². The molecule has 3 aromatic rings. The molecule has 4 rings (SSSR count). The van der Waals surface area contributed by atoms with Crippen molar-refractivity contribution in [3.63, 3.8) is 0 Å². The largest absolute Gasteiger partial charge is 0.489 e. The molecule has 1 amide bonds. The lowest BCUT2D eigenvalue weighted by Crippen LogP contribution is -2.41. The summed E-state index contributed by atoms with van der Waals surface area (Å²) in [4.78, 5) is 19.2. The molecule has 0 spiro atoms. The third-order valence-electron chi connectivity index (χ3n) is 5.02. The van der Waals surface area contributed by atoms with Gasteiger partial charge in [0.15, 0.2) is 0 Å². The highest BCUT2D eigenvalue weighted by Crippen LogP contribution is 2.28. The lowest BCUT2D eigenvalue weighted by Gasteiger charge is -2.26. The molecule has 2 aromatic carbocycles. The van der Waals surface area contributed by atoms with Gasteiger partial charge in [-0.1, -0.05) is 41.4 Å². The van der Waals surface area contributed by atoms with Crippen molar-refractivity contribution in [2.75, 3.05) is 39.4 Å². The molecule has 0 atom stereocenters. The minimum absolute atomic E-state index is 0.159. The van der Waals surface area contributed by atoms with Crippen LogP contribution in [0.5, 0.6) is 5.75 Å². The average molecular weight is 492 g/mol. The van der Waals surface area contributed by atoms with Gasteiger partial charge >= 0.3 is 0 Å². The number of nitrogens with zero attached hydrogens (tertiary/aromatic N) is 2. The normalized spacial score (nSPS) is 14.3.